The summed E-state index contributed by atoms with van der Waals surface area (Å²) in [6.45, 7) is -0.251. The number of benzene rings is 3. The van der Waals surface area contributed by atoms with Gasteiger partial charge in [-0.1, -0.05) is 36.4 Å². The van der Waals surface area contributed by atoms with Crippen molar-refractivity contribution in [3.05, 3.63) is 83.9 Å². The molecule has 7 heteroatoms. The van der Waals surface area contributed by atoms with Crippen molar-refractivity contribution in [3.8, 4) is 11.5 Å². The number of nitrogens with one attached hydrogen (secondary N) is 1. The first-order valence-electron chi connectivity index (χ1n) is 9.41. The summed E-state index contributed by atoms with van der Waals surface area (Å²) in [6, 6.07) is 22.2. The Bertz CT molecular complexity index is 1080. The third-order valence-corrected chi connectivity index (χ3v) is 4.83. The predicted octanol–water partition coefficient (Wildman–Crippen LogP) is 3.33. The zero-order chi connectivity index (χ0) is 21.1. The molecule has 0 unspecified atom stereocenters. The van der Waals surface area contributed by atoms with Crippen molar-refractivity contribution in [1.82, 2.24) is 0 Å². The van der Waals surface area contributed by atoms with Crippen LogP contribution in [0.25, 0.3) is 0 Å². The number of para-hydroxylation sites is 2. The molecule has 3 aromatic carbocycles. The lowest BCUT2D eigenvalue weighted by Crippen LogP contribution is -2.43. The highest BCUT2D eigenvalue weighted by molar-refractivity contribution is 6.12. The maximum Gasteiger partial charge on any atom is 0.262 e. The molecule has 0 spiro atoms. The van der Waals surface area contributed by atoms with Crippen LogP contribution in [-0.2, 0) is 4.79 Å². The normalized spacial score (nSPS) is 15.2. The number of ether oxygens (including phenoxy) is 2. The van der Waals surface area contributed by atoms with Gasteiger partial charge in [0.25, 0.3) is 11.8 Å². The van der Waals surface area contributed by atoms with Gasteiger partial charge in [-0.15, -0.1) is 0 Å². The molecule has 1 atom stereocenters. The van der Waals surface area contributed by atoms with Gasteiger partial charge in [0.2, 0.25) is 0 Å². The third-order valence-electron chi connectivity index (χ3n) is 4.83. The number of carbonyl (C=O) groups excluding carboxylic acids is 2. The molecular weight excluding hydrogens is 382 g/mol. The second-order valence-corrected chi connectivity index (χ2v) is 6.77. The number of hydrogen-bond donors (Lipinski definition) is 2. The summed E-state index contributed by atoms with van der Waals surface area (Å²) >= 11 is 0. The molecule has 3 aromatic rings. The first kappa shape index (κ1) is 19.3. The topological polar surface area (TPSA) is 93.9 Å². The Hall–Kier alpha value is -4.00. The SMILES string of the molecule is COc1cc([C@@H]2Nc3ccccc3C(=O)N2c2ccccc2)ccc1OCC(N)=O. The molecule has 2 amide bonds. The van der Waals surface area contributed by atoms with E-state index >= 15 is 0 Å². The van der Waals surface area contributed by atoms with Crippen LogP contribution in [0.1, 0.15) is 22.1 Å². The largest absolute Gasteiger partial charge is 0.493 e. The van der Waals surface area contributed by atoms with E-state index in [1.54, 1.807) is 23.1 Å². The van der Waals surface area contributed by atoms with Crippen molar-refractivity contribution in [3.63, 3.8) is 0 Å². The van der Waals surface area contributed by atoms with Crippen LogP contribution in [0.5, 0.6) is 11.5 Å². The highest BCUT2D eigenvalue weighted by Crippen LogP contribution is 2.39. The Kier molecular flexibility index (Phi) is 5.26. The van der Waals surface area contributed by atoms with Gasteiger partial charge in [-0.25, -0.2) is 0 Å². The Labute approximate surface area is 174 Å². The zero-order valence-electron chi connectivity index (χ0n) is 16.4. The molecule has 0 aromatic heterocycles. The number of rotatable bonds is 6. The van der Waals surface area contributed by atoms with E-state index in [2.05, 4.69) is 5.32 Å². The van der Waals surface area contributed by atoms with Gasteiger partial charge in [-0.2, -0.15) is 0 Å². The molecule has 152 valence electrons. The van der Waals surface area contributed by atoms with E-state index in [1.807, 2.05) is 54.6 Å². The monoisotopic (exact) mass is 403 g/mol. The first-order valence-corrected chi connectivity index (χ1v) is 9.41. The van der Waals surface area contributed by atoms with E-state index in [4.69, 9.17) is 15.2 Å². The number of anilines is 2. The first-order chi connectivity index (χ1) is 14.6. The lowest BCUT2D eigenvalue weighted by Gasteiger charge is -2.38. The van der Waals surface area contributed by atoms with Crippen molar-refractivity contribution in [2.75, 3.05) is 23.9 Å². The van der Waals surface area contributed by atoms with E-state index in [1.165, 1.54) is 7.11 Å². The molecule has 0 saturated heterocycles. The summed E-state index contributed by atoms with van der Waals surface area (Å²) in [5.41, 5.74) is 8.09. The molecule has 0 radical (unpaired) electrons. The summed E-state index contributed by atoms with van der Waals surface area (Å²) in [5, 5.41) is 3.45. The maximum atomic E-state index is 13.4. The van der Waals surface area contributed by atoms with Gasteiger partial charge >= 0.3 is 0 Å². The van der Waals surface area contributed by atoms with Crippen LogP contribution in [0, 0.1) is 0 Å². The van der Waals surface area contributed by atoms with Crippen LogP contribution in [0.4, 0.5) is 11.4 Å². The lowest BCUT2D eigenvalue weighted by atomic mass is 10.0. The van der Waals surface area contributed by atoms with Gasteiger partial charge in [0.05, 0.1) is 12.7 Å². The highest BCUT2D eigenvalue weighted by Gasteiger charge is 2.34. The molecule has 0 fully saturated rings. The number of fused-ring (bicyclic) bond motifs is 1. The van der Waals surface area contributed by atoms with Crippen molar-refractivity contribution in [2.45, 2.75) is 6.17 Å². The lowest BCUT2D eigenvalue weighted by molar-refractivity contribution is -0.119. The van der Waals surface area contributed by atoms with E-state index in [0.717, 1.165) is 16.9 Å². The number of hydrogen-bond acceptors (Lipinski definition) is 5. The van der Waals surface area contributed by atoms with Gasteiger partial charge in [0.15, 0.2) is 18.1 Å². The van der Waals surface area contributed by atoms with Crippen molar-refractivity contribution < 1.29 is 19.1 Å². The smallest absolute Gasteiger partial charge is 0.262 e. The second kappa shape index (κ2) is 8.16. The molecule has 4 rings (SSSR count). The molecule has 1 heterocycles. The predicted molar refractivity (Wildman–Crippen MR) is 114 cm³/mol. The summed E-state index contributed by atoms with van der Waals surface area (Å²) in [5.74, 6) is 0.157. The van der Waals surface area contributed by atoms with Gasteiger partial charge in [-0.3, -0.25) is 14.5 Å². The van der Waals surface area contributed by atoms with E-state index in [0.29, 0.717) is 17.1 Å². The average molecular weight is 403 g/mol. The molecule has 1 aliphatic heterocycles. The quantitative estimate of drug-likeness (QED) is 0.658. The fourth-order valence-electron chi connectivity index (χ4n) is 3.46. The highest BCUT2D eigenvalue weighted by atomic mass is 16.5. The number of nitrogens with two attached hydrogens (primary N) is 1. The number of carbonyl (C=O) groups is 2. The Morgan fingerprint density at radius 2 is 1.77 bits per heavy atom. The van der Waals surface area contributed by atoms with Crippen molar-refractivity contribution in [1.29, 1.82) is 0 Å². The molecule has 7 nitrogen and oxygen atoms in total. The van der Waals surface area contributed by atoms with Gasteiger partial charge < -0.3 is 20.5 Å². The molecule has 1 aliphatic rings. The zero-order valence-corrected chi connectivity index (χ0v) is 16.4. The Morgan fingerprint density at radius 3 is 2.50 bits per heavy atom. The standard InChI is InChI=1S/C23H21N3O4/c1-29-20-13-15(11-12-19(20)30-14-21(24)27)22-25-18-10-6-5-9-17(18)23(28)26(22)16-7-3-2-4-8-16/h2-13,22,25H,14H2,1H3,(H2,24,27)/t22-/m1/s1. The average Bonchev–Trinajstić information content (AvgIpc) is 2.78. The number of amides is 2. The molecule has 30 heavy (non-hydrogen) atoms. The van der Waals surface area contributed by atoms with E-state index in [9.17, 15) is 9.59 Å². The Balaban J connectivity index is 1.77. The van der Waals surface area contributed by atoms with Gasteiger partial charge in [0.1, 0.15) is 6.17 Å². The third kappa shape index (κ3) is 3.65. The second-order valence-electron chi connectivity index (χ2n) is 6.77. The Morgan fingerprint density at radius 1 is 1.03 bits per heavy atom. The molecule has 0 bridgehead atoms. The van der Waals surface area contributed by atoms with E-state index < -0.39 is 12.1 Å². The summed E-state index contributed by atoms with van der Waals surface area (Å²) in [7, 11) is 1.51. The fraction of sp³-hybridized carbons (Fsp3) is 0.130. The molecule has 0 aliphatic carbocycles. The van der Waals surface area contributed by atoms with Crippen LogP contribution in [0.2, 0.25) is 0 Å². The fourth-order valence-corrected chi connectivity index (χ4v) is 3.46. The summed E-state index contributed by atoms with van der Waals surface area (Å²) < 4.78 is 10.9. The van der Waals surface area contributed by atoms with Crippen LogP contribution < -0.4 is 25.4 Å². The van der Waals surface area contributed by atoms with Crippen molar-refractivity contribution >= 4 is 23.2 Å². The van der Waals surface area contributed by atoms with Gasteiger partial charge in [-0.05, 0) is 42.0 Å². The van der Waals surface area contributed by atoms with Crippen LogP contribution in [0.3, 0.4) is 0 Å². The minimum atomic E-state index is -0.576. The minimum absolute atomic E-state index is 0.103. The number of primary amides is 1. The molecular formula is C23H21N3O4. The van der Waals surface area contributed by atoms with Crippen LogP contribution in [0.15, 0.2) is 72.8 Å². The molecule has 0 saturated carbocycles. The molecule has 3 N–H and O–H groups in total. The minimum Gasteiger partial charge on any atom is -0.493 e. The van der Waals surface area contributed by atoms with Crippen molar-refractivity contribution in [2.24, 2.45) is 5.73 Å². The maximum absolute atomic E-state index is 13.4. The number of nitrogens with zero attached hydrogens (tertiary/aromatic N) is 1. The van der Waals surface area contributed by atoms with Crippen LogP contribution >= 0.6 is 0 Å². The summed E-state index contributed by atoms with van der Waals surface area (Å²) in [4.78, 5) is 26.1. The van der Waals surface area contributed by atoms with Crippen LogP contribution in [-0.4, -0.2) is 25.5 Å². The summed E-state index contributed by atoms with van der Waals surface area (Å²) in [6.07, 6.45) is -0.464. The number of methoxy groups -OCH3 is 1. The van der Waals surface area contributed by atoms with E-state index in [-0.39, 0.29) is 12.5 Å². The van der Waals surface area contributed by atoms with Gasteiger partial charge in [0, 0.05) is 11.4 Å².